The molecular formula is C26H29N3O4S. The van der Waals surface area contributed by atoms with E-state index in [1.165, 1.54) is 5.56 Å². The van der Waals surface area contributed by atoms with Crippen LogP contribution in [0.5, 0.6) is 0 Å². The maximum absolute atomic E-state index is 12.6. The monoisotopic (exact) mass is 479 g/mol. The van der Waals surface area contributed by atoms with Crippen LogP contribution in [0.15, 0.2) is 89.8 Å². The number of amides is 1. The summed E-state index contributed by atoms with van der Waals surface area (Å²) in [6.07, 6.45) is 2.13. The summed E-state index contributed by atoms with van der Waals surface area (Å²) in [6, 6.07) is 26.7. The summed E-state index contributed by atoms with van der Waals surface area (Å²) in [4.78, 5) is 19.5. The molecule has 1 fully saturated rings. The van der Waals surface area contributed by atoms with E-state index < -0.39 is 22.5 Å². The molecule has 0 aliphatic carbocycles. The molecule has 1 amide bonds. The van der Waals surface area contributed by atoms with E-state index in [1.807, 2.05) is 48.5 Å². The fourth-order valence-electron chi connectivity index (χ4n) is 4.09. The number of carbonyl (C=O) groups excluding carboxylic acids is 1. The van der Waals surface area contributed by atoms with Gasteiger partial charge in [-0.1, -0.05) is 60.7 Å². The van der Waals surface area contributed by atoms with Crippen LogP contribution in [0.25, 0.3) is 0 Å². The van der Waals surface area contributed by atoms with Crippen molar-refractivity contribution >= 4 is 21.6 Å². The first-order valence-corrected chi connectivity index (χ1v) is 12.8. The van der Waals surface area contributed by atoms with Crippen molar-refractivity contribution in [3.63, 3.8) is 0 Å². The molecule has 7 nitrogen and oxygen atoms in total. The van der Waals surface area contributed by atoms with Crippen LogP contribution >= 0.6 is 0 Å². The van der Waals surface area contributed by atoms with E-state index >= 15 is 0 Å². The zero-order valence-electron chi connectivity index (χ0n) is 18.9. The first-order chi connectivity index (χ1) is 16.5. The molecule has 0 saturated carbocycles. The van der Waals surface area contributed by atoms with E-state index in [0.29, 0.717) is 5.92 Å². The molecule has 1 heterocycles. The van der Waals surface area contributed by atoms with Gasteiger partial charge in [0.2, 0.25) is 10.0 Å². The second-order valence-electron chi connectivity index (χ2n) is 8.29. The average molecular weight is 480 g/mol. The highest BCUT2D eigenvalue weighted by molar-refractivity contribution is 7.89. The fraction of sp³-hybridized carbons (Fsp3) is 0.269. The first-order valence-electron chi connectivity index (χ1n) is 11.4. The summed E-state index contributed by atoms with van der Waals surface area (Å²) in [7, 11) is -3.81. The smallest absolute Gasteiger partial charge is 0.258 e. The van der Waals surface area contributed by atoms with Gasteiger partial charge in [-0.15, -0.1) is 0 Å². The minimum atomic E-state index is -3.81. The van der Waals surface area contributed by atoms with Crippen LogP contribution in [0.3, 0.4) is 0 Å². The van der Waals surface area contributed by atoms with Crippen LogP contribution in [0.4, 0.5) is 5.69 Å². The van der Waals surface area contributed by atoms with Crippen LogP contribution in [0, 0.1) is 0 Å². The molecule has 3 aromatic carbocycles. The number of hydroxylamine groups is 1. The maximum atomic E-state index is 12.6. The lowest BCUT2D eigenvalue weighted by molar-refractivity contribution is -0.133. The molecule has 34 heavy (non-hydrogen) atoms. The molecule has 0 bridgehead atoms. The number of hydrogen-bond donors (Lipinski definition) is 2. The Morgan fingerprint density at radius 3 is 2.15 bits per heavy atom. The van der Waals surface area contributed by atoms with Crippen molar-refractivity contribution in [3.8, 4) is 0 Å². The standard InChI is InChI=1S/C26H29N3O4S/c30-26(28-33-20-21-7-3-1-4-8-21)19-27-34(31,32)25-13-11-24(12-14-25)29-17-15-23(16-18-29)22-9-5-2-6-10-22/h1-14,23,27H,15-20H2,(H,28,30). The van der Waals surface area contributed by atoms with Gasteiger partial charge in [0.15, 0.2) is 0 Å². The van der Waals surface area contributed by atoms with E-state index in [2.05, 4.69) is 39.4 Å². The number of carbonyl (C=O) groups is 1. The average Bonchev–Trinajstić information content (AvgIpc) is 2.89. The molecule has 0 unspecified atom stereocenters. The zero-order valence-corrected chi connectivity index (χ0v) is 19.7. The van der Waals surface area contributed by atoms with Gasteiger partial charge in [-0.25, -0.2) is 18.6 Å². The molecule has 0 radical (unpaired) electrons. The van der Waals surface area contributed by atoms with Crippen LogP contribution in [-0.4, -0.2) is 34.0 Å². The van der Waals surface area contributed by atoms with Crippen LogP contribution in [-0.2, 0) is 26.3 Å². The van der Waals surface area contributed by atoms with Crippen molar-refractivity contribution in [1.82, 2.24) is 10.2 Å². The molecule has 1 aliphatic heterocycles. The Balaban J connectivity index is 1.24. The van der Waals surface area contributed by atoms with Gasteiger partial charge in [-0.05, 0) is 54.2 Å². The number of sulfonamides is 1. The van der Waals surface area contributed by atoms with Crippen LogP contribution in [0.1, 0.15) is 29.9 Å². The van der Waals surface area contributed by atoms with Gasteiger partial charge in [0.1, 0.15) is 0 Å². The van der Waals surface area contributed by atoms with Crippen LogP contribution in [0.2, 0.25) is 0 Å². The summed E-state index contributed by atoms with van der Waals surface area (Å²) in [5.41, 5.74) is 5.52. The highest BCUT2D eigenvalue weighted by Crippen LogP contribution is 2.30. The zero-order chi connectivity index (χ0) is 23.8. The Morgan fingerprint density at radius 2 is 1.50 bits per heavy atom. The number of hydrogen-bond acceptors (Lipinski definition) is 5. The number of anilines is 1. The van der Waals surface area contributed by atoms with E-state index in [9.17, 15) is 13.2 Å². The summed E-state index contributed by atoms with van der Waals surface area (Å²) in [5.74, 6) is -0.0125. The summed E-state index contributed by atoms with van der Waals surface area (Å²) in [5, 5.41) is 0. The minimum Gasteiger partial charge on any atom is -0.371 e. The number of rotatable bonds is 9. The van der Waals surface area contributed by atoms with Gasteiger partial charge >= 0.3 is 0 Å². The highest BCUT2D eigenvalue weighted by atomic mass is 32.2. The largest absolute Gasteiger partial charge is 0.371 e. The Labute approximate surface area is 200 Å². The molecule has 8 heteroatoms. The number of piperidine rings is 1. The first kappa shape index (κ1) is 23.9. The predicted molar refractivity (Wildman–Crippen MR) is 132 cm³/mol. The molecule has 1 aliphatic rings. The Bertz CT molecular complexity index is 1160. The van der Waals surface area contributed by atoms with Crippen LogP contribution < -0.4 is 15.1 Å². The summed E-state index contributed by atoms with van der Waals surface area (Å²) >= 11 is 0. The molecule has 0 aromatic heterocycles. The molecule has 4 rings (SSSR count). The van der Waals surface area contributed by atoms with E-state index in [4.69, 9.17) is 4.84 Å². The highest BCUT2D eigenvalue weighted by Gasteiger charge is 2.21. The van der Waals surface area contributed by atoms with E-state index in [1.54, 1.807) is 12.1 Å². The summed E-state index contributed by atoms with van der Waals surface area (Å²) < 4.78 is 27.5. The third-order valence-corrected chi connectivity index (χ3v) is 7.39. The lowest BCUT2D eigenvalue weighted by Gasteiger charge is -2.34. The molecule has 0 atom stereocenters. The summed E-state index contributed by atoms with van der Waals surface area (Å²) in [6.45, 7) is 1.63. The third kappa shape index (κ3) is 6.44. The van der Waals surface area contributed by atoms with Gasteiger partial charge in [-0.3, -0.25) is 9.63 Å². The lowest BCUT2D eigenvalue weighted by Crippen LogP contribution is -2.37. The van der Waals surface area contributed by atoms with Gasteiger partial charge in [0.25, 0.3) is 5.91 Å². The Kier molecular flexibility index (Phi) is 7.95. The Hall–Kier alpha value is -3.20. The SMILES string of the molecule is O=C(CNS(=O)(=O)c1ccc(N2CCC(c3ccccc3)CC2)cc1)NOCc1ccccc1. The lowest BCUT2D eigenvalue weighted by atomic mass is 9.89. The van der Waals surface area contributed by atoms with Crippen molar-refractivity contribution in [2.24, 2.45) is 0 Å². The molecule has 0 spiro atoms. The second kappa shape index (κ2) is 11.3. The normalized spacial score (nSPS) is 14.6. The van der Waals surface area contributed by atoms with Gasteiger partial charge in [0.05, 0.1) is 18.0 Å². The van der Waals surface area contributed by atoms with Crippen molar-refractivity contribution in [2.75, 3.05) is 24.5 Å². The number of nitrogens with zero attached hydrogens (tertiary/aromatic N) is 1. The van der Waals surface area contributed by atoms with E-state index in [-0.39, 0.29) is 11.5 Å². The maximum Gasteiger partial charge on any atom is 0.258 e. The van der Waals surface area contributed by atoms with Crippen molar-refractivity contribution in [1.29, 1.82) is 0 Å². The molecule has 3 aromatic rings. The Morgan fingerprint density at radius 1 is 0.882 bits per heavy atom. The van der Waals surface area contributed by atoms with Gasteiger partial charge in [0, 0.05) is 18.8 Å². The molecule has 178 valence electrons. The minimum absolute atomic E-state index is 0.119. The van der Waals surface area contributed by atoms with Crippen molar-refractivity contribution in [3.05, 3.63) is 96.1 Å². The second-order valence-corrected chi connectivity index (χ2v) is 10.1. The molecular weight excluding hydrogens is 450 g/mol. The van der Waals surface area contributed by atoms with Crippen molar-refractivity contribution in [2.45, 2.75) is 30.3 Å². The van der Waals surface area contributed by atoms with Crippen molar-refractivity contribution < 1.29 is 18.0 Å². The van der Waals surface area contributed by atoms with E-state index in [0.717, 1.165) is 37.2 Å². The quantitative estimate of drug-likeness (QED) is 0.458. The topological polar surface area (TPSA) is 87.7 Å². The van der Waals surface area contributed by atoms with Gasteiger partial charge < -0.3 is 4.90 Å². The number of benzene rings is 3. The fourth-order valence-corrected chi connectivity index (χ4v) is 5.07. The molecule has 2 N–H and O–H groups in total. The van der Waals surface area contributed by atoms with Gasteiger partial charge in [-0.2, -0.15) is 0 Å². The third-order valence-electron chi connectivity index (χ3n) is 5.97. The predicted octanol–water partition coefficient (Wildman–Crippen LogP) is 3.60. The number of nitrogens with one attached hydrogen (secondary N) is 2. The molecule has 1 saturated heterocycles.